The average Bonchev–Trinajstić information content (AvgIpc) is 3.48. The molecule has 0 atom stereocenters. The molecule has 8 heteroatoms. The fourth-order valence-electron chi connectivity index (χ4n) is 4.32. The lowest BCUT2D eigenvalue weighted by Gasteiger charge is -2.11. The fraction of sp³-hybridized carbons (Fsp3) is 0.304. The first-order valence-corrected chi connectivity index (χ1v) is 10.5. The van der Waals surface area contributed by atoms with Crippen LogP contribution in [0.1, 0.15) is 50.1 Å². The van der Waals surface area contributed by atoms with Gasteiger partial charge in [-0.1, -0.05) is 30.1 Å². The smallest absolute Gasteiger partial charge is 0.326 e. The van der Waals surface area contributed by atoms with Gasteiger partial charge in [-0.3, -0.25) is 9.36 Å². The Labute approximate surface area is 178 Å². The Kier molecular flexibility index (Phi) is 4.89. The second-order valence-corrected chi connectivity index (χ2v) is 8.04. The van der Waals surface area contributed by atoms with Gasteiger partial charge in [0.1, 0.15) is 0 Å². The molecule has 31 heavy (non-hydrogen) atoms. The lowest BCUT2D eigenvalue weighted by molar-refractivity contribution is -0.114. The van der Waals surface area contributed by atoms with Crippen LogP contribution in [0.15, 0.2) is 51.8 Å². The second-order valence-electron chi connectivity index (χ2n) is 8.04. The summed E-state index contributed by atoms with van der Waals surface area (Å²) < 4.78 is 7.32. The van der Waals surface area contributed by atoms with Crippen molar-refractivity contribution in [1.29, 1.82) is 0 Å². The number of aromatic nitrogens is 4. The van der Waals surface area contributed by atoms with E-state index in [9.17, 15) is 9.59 Å². The van der Waals surface area contributed by atoms with Crippen molar-refractivity contribution in [3.8, 4) is 11.4 Å². The van der Waals surface area contributed by atoms with Crippen molar-refractivity contribution >= 4 is 22.6 Å². The minimum Gasteiger partial charge on any atom is -0.339 e. The highest BCUT2D eigenvalue weighted by Gasteiger charge is 2.21. The third kappa shape index (κ3) is 3.88. The van der Waals surface area contributed by atoms with Crippen LogP contribution in [0.5, 0.6) is 0 Å². The maximum absolute atomic E-state index is 12.5. The van der Waals surface area contributed by atoms with Gasteiger partial charge in [0.05, 0.1) is 17.5 Å². The Morgan fingerprint density at radius 3 is 2.71 bits per heavy atom. The number of amides is 1. The summed E-state index contributed by atoms with van der Waals surface area (Å²) in [7, 11) is 0. The molecule has 2 N–H and O–H groups in total. The summed E-state index contributed by atoms with van der Waals surface area (Å²) >= 11 is 0. The van der Waals surface area contributed by atoms with Crippen molar-refractivity contribution in [3.63, 3.8) is 0 Å². The van der Waals surface area contributed by atoms with Crippen LogP contribution in [-0.2, 0) is 11.2 Å². The molecular weight excluding hydrogens is 394 g/mol. The van der Waals surface area contributed by atoms with Crippen molar-refractivity contribution in [3.05, 3.63) is 64.4 Å². The number of H-pyrrole nitrogens is 1. The molecule has 1 aliphatic carbocycles. The predicted molar refractivity (Wildman–Crippen MR) is 117 cm³/mol. The Bertz CT molecular complexity index is 1290. The van der Waals surface area contributed by atoms with Gasteiger partial charge in [-0.15, -0.1) is 0 Å². The van der Waals surface area contributed by atoms with Crippen LogP contribution in [0.25, 0.3) is 22.4 Å². The third-order valence-electron chi connectivity index (χ3n) is 5.76. The number of carbonyl (C=O) groups is 1. The van der Waals surface area contributed by atoms with E-state index in [1.54, 1.807) is 0 Å². The highest BCUT2D eigenvalue weighted by molar-refractivity contribution is 5.88. The van der Waals surface area contributed by atoms with Gasteiger partial charge >= 0.3 is 5.69 Å². The molecule has 2 aromatic carbocycles. The van der Waals surface area contributed by atoms with Gasteiger partial charge in [-0.05, 0) is 48.7 Å². The van der Waals surface area contributed by atoms with E-state index in [0.29, 0.717) is 18.1 Å². The van der Waals surface area contributed by atoms with Gasteiger partial charge in [-0.25, -0.2) is 4.79 Å². The summed E-state index contributed by atoms with van der Waals surface area (Å²) in [5.74, 6) is 0.881. The molecule has 1 saturated carbocycles. The average molecular weight is 417 g/mol. The van der Waals surface area contributed by atoms with Gasteiger partial charge < -0.3 is 14.8 Å². The first kappa shape index (κ1) is 19.3. The molecule has 4 aromatic rings. The maximum atomic E-state index is 12.5. The molecule has 5 rings (SSSR count). The highest BCUT2D eigenvalue weighted by atomic mass is 16.5. The van der Waals surface area contributed by atoms with Crippen LogP contribution in [0, 0.1) is 0 Å². The summed E-state index contributed by atoms with van der Waals surface area (Å²) in [6.07, 6.45) is 4.93. The molecule has 8 nitrogen and oxygen atoms in total. The number of hydrogen-bond acceptors (Lipinski definition) is 5. The van der Waals surface area contributed by atoms with Crippen LogP contribution in [0.3, 0.4) is 0 Å². The number of carbonyl (C=O) groups excluding carboxylic acids is 1. The summed E-state index contributed by atoms with van der Waals surface area (Å²) in [5, 5.41) is 6.85. The van der Waals surface area contributed by atoms with E-state index in [2.05, 4.69) is 20.4 Å². The Morgan fingerprint density at radius 1 is 1.19 bits per heavy atom. The zero-order valence-electron chi connectivity index (χ0n) is 17.2. The molecule has 0 aliphatic heterocycles. The SMILES string of the molecule is CC(=O)Nc1ccc(Cc2nc(-c3ccc4c(c3)[nH]c(=O)n4C3CCCC3)no2)cc1. The van der Waals surface area contributed by atoms with Gasteiger partial charge in [0.2, 0.25) is 17.6 Å². The zero-order valence-corrected chi connectivity index (χ0v) is 17.2. The van der Waals surface area contributed by atoms with E-state index in [-0.39, 0.29) is 17.6 Å². The molecule has 0 unspecified atom stereocenters. The van der Waals surface area contributed by atoms with E-state index >= 15 is 0 Å². The minimum atomic E-state index is -0.105. The standard InChI is InChI=1S/C23H23N5O3/c1-14(29)24-17-9-6-15(7-10-17)12-21-26-22(27-31-21)16-8-11-20-19(13-16)25-23(30)28(20)18-4-2-3-5-18/h6-11,13,18H,2-5,12H2,1H3,(H,24,29)(H,25,30). The van der Waals surface area contributed by atoms with Crippen LogP contribution >= 0.6 is 0 Å². The van der Waals surface area contributed by atoms with Crippen molar-refractivity contribution in [2.45, 2.75) is 45.1 Å². The fourth-order valence-corrected chi connectivity index (χ4v) is 4.32. The third-order valence-corrected chi connectivity index (χ3v) is 5.76. The van der Waals surface area contributed by atoms with Crippen molar-refractivity contribution in [2.24, 2.45) is 0 Å². The van der Waals surface area contributed by atoms with E-state index in [1.165, 1.54) is 19.8 Å². The van der Waals surface area contributed by atoms with E-state index < -0.39 is 0 Å². The lowest BCUT2D eigenvalue weighted by Crippen LogP contribution is -2.20. The quantitative estimate of drug-likeness (QED) is 0.510. The maximum Gasteiger partial charge on any atom is 0.326 e. The zero-order chi connectivity index (χ0) is 21.4. The minimum absolute atomic E-state index is 0.0597. The van der Waals surface area contributed by atoms with Crippen LogP contribution < -0.4 is 11.0 Å². The summed E-state index contributed by atoms with van der Waals surface area (Å²) in [5.41, 5.74) is 4.18. The number of imidazole rings is 1. The monoisotopic (exact) mass is 417 g/mol. The summed E-state index contributed by atoms with van der Waals surface area (Å²) in [4.78, 5) is 31.1. The first-order chi connectivity index (χ1) is 15.1. The van der Waals surface area contributed by atoms with Gasteiger partial charge in [0.15, 0.2) is 0 Å². The van der Waals surface area contributed by atoms with E-state index in [1.807, 2.05) is 47.0 Å². The topological polar surface area (TPSA) is 106 Å². The molecule has 2 heterocycles. The predicted octanol–water partition coefficient (Wildman–Crippen LogP) is 4.04. The number of hydrogen-bond donors (Lipinski definition) is 2. The van der Waals surface area contributed by atoms with E-state index in [0.717, 1.165) is 40.7 Å². The molecule has 1 amide bonds. The number of nitrogens with zero attached hydrogens (tertiary/aromatic N) is 3. The van der Waals surface area contributed by atoms with E-state index in [4.69, 9.17) is 4.52 Å². The Morgan fingerprint density at radius 2 is 1.97 bits per heavy atom. The van der Waals surface area contributed by atoms with Crippen molar-refractivity contribution in [2.75, 3.05) is 5.32 Å². The molecule has 0 spiro atoms. The van der Waals surface area contributed by atoms with Crippen LogP contribution in [0.4, 0.5) is 5.69 Å². The van der Waals surface area contributed by atoms with Gasteiger partial charge in [0.25, 0.3) is 0 Å². The number of anilines is 1. The molecule has 1 fully saturated rings. The second kappa shape index (κ2) is 7.86. The number of rotatable bonds is 5. The largest absolute Gasteiger partial charge is 0.339 e. The molecule has 1 aliphatic rings. The molecule has 0 radical (unpaired) electrons. The Balaban J connectivity index is 1.36. The normalized spacial score (nSPS) is 14.4. The molecule has 0 bridgehead atoms. The lowest BCUT2D eigenvalue weighted by atomic mass is 10.1. The van der Waals surface area contributed by atoms with Crippen LogP contribution in [0.2, 0.25) is 0 Å². The molecular formula is C23H23N5O3. The van der Waals surface area contributed by atoms with Gasteiger partial charge in [-0.2, -0.15) is 4.98 Å². The molecule has 0 saturated heterocycles. The highest BCUT2D eigenvalue weighted by Crippen LogP contribution is 2.31. The number of aromatic amines is 1. The number of fused-ring (bicyclic) bond motifs is 1. The summed E-state index contributed by atoms with van der Waals surface area (Å²) in [6.45, 7) is 1.48. The molecule has 2 aromatic heterocycles. The molecule has 158 valence electrons. The van der Waals surface area contributed by atoms with Crippen LogP contribution in [-0.4, -0.2) is 25.6 Å². The van der Waals surface area contributed by atoms with Crippen molar-refractivity contribution < 1.29 is 9.32 Å². The Hall–Kier alpha value is -3.68. The number of benzene rings is 2. The first-order valence-electron chi connectivity index (χ1n) is 10.5. The van der Waals surface area contributed by atoms with Crippen molar-refractivity contribution in [1.82, 2.24) is 19.7 Å². The van der Waals surface area contributed by atoms with Gasteiger partial charge in [0, 0.05) is 24.2 Å². The number of nitrogens with one attached hydrogen (secondary N) is 2. The summed E-state index contributed by atoms with van der Waals surface area (Å²) in [6, 6.07) is 13.6.